The molecule has 1 amide bonds. The zero-order valence-corrected chi connectivity index (χ0v) is 23.9. The predicted octanol–water partition coefficient (Wildman–Crippen LogP) is 6.43. The van der Waals surface area contributed by atoms with Crippen molar-refractivity contribution in [2.24, 2.45) is 0 Å². The molecule has 6 nitrogen and oxygen atoms in total. The molecule has 1 saturated heterocycles. The molecule has 0 saturated carbocycles. The van der Waals surface area contributed by atoms with E-state index < -0.39 is 0 Å². The quantitative estimate of drug-likeness (QED) is 0.322. The number of aliphatic hydroxyl groups is 1. The van der Waals surface area contributed by atoms with Crippen LogP contribution in [0.3, 0.4) is 0 Å². The van der Waals surface area contributed by atoms with Crippen molar-refractivity contribution in [3.8, 4) is 5.88 Å². The molecule has 1 N–H and O–H groups in total. The molecular weight excluding hydrogens is 535 g/mol. The standard InChI is InChI=1S/C31H34Cl2N2O4/c1-19-15-20(2)34-30(39-18-21-7-4-3-5-8-21)25(19)17-35-12-10-23-26(32)16-24(29(33)28(23)31(35)37)22(11-13-36)27-9-6-14-38-27/h3-5,7-8,15-16,22,27,36H,6,9-14,17-18H2,1-2H3/t22-,27?/m0/s1. The molecule has 1 unspecified atom stereocenters. The van der Waals surface area contributed by atoms with Gasteiger partial charge in [0.05, 0.1) is 23.2 Å². The van der Waals surface area contributed by atoms with Crippen molar-refractivity contribution in [3.63, 3.8) is 0 Å². The second kappa shape index (κ2) is 12.3. The summed E-state index contributed by atoms with van der Waals surface area (Å²) in [6.45, 7) is 5.90. The lowest BCUT2D eigenvalue weighted by Gasteiger charge is -2.33. The number of hydrogen-bond donors (Lipinski definition) is 1. The van der Waals surface area contributed by atoms with Crippen LogP contribution in [0.25, 0.3) is 0 Å². The summed E-state index contributed by atoms with van der Waals surface area (Å²) in [7, 11) is 0. The number of rotatable bonds is 9. The predicted molar refractivity (Wildman–Crippen MR) is 153 cm³/mol. The molecule has 3 aromatic rings. The van der Waals surface area contributed by atoms with E-state index in [1.54, 1.807) is 4.90 Å². The summed E-state index contributed by atoms with van der Waals surface area (Å²) in [6.07, 6.45) is 2.90. The summed E-state index contributed by atoms with van der Waals surface area (Å²) in [5.74, 6) is 0.251. The fourth-order valence-corrected chi connectivity index (χ4v) is 6.43. The number of aromatic nitrogens is 1. The average molecular weight is 570 g/mol. The maximum absolute atomic E-state index is 14.0. The summed E-state index contributed by atoms with van der Waals surface area (Å²) >= 11 is 13.7. The Hall–Kier alpha value is -2.64. The van der Waals surface area contributed by atoms with Crippen LogP contribution in [0.2, 0.25) is 10.0 Å². The first-order valence-electron chi connectivity index (χ1n) is 13.5. The molecular formula is C31H34Cl2N2O4. The Bertz CT molecular complexity index is 1340. The summed E-state index contributed by atoms with van der Waals surface area (Å²) in [5.41, 5.74) is 5.81. The third kappa shape index (κ3) is 5.94. The summed E-state index contributed by atoms with van der Waals surface area (Å²) in [5, 5.41) is 10.7. The first-order chi connectivity index (χ1) is 18.9. The van der Waals surface area contributed by atoms with Crippen LogP contribution in [0.4, 0.5) is 0 Å². The number of aliphatic hydroxyl groups excluding tert-OH is 1. The lowest BCUT2D eigenvalue weighted by Crippen LogP contribution is -2.38. The first kappa shape index (κ1) is 27.9. The Morgan fingerprint density at radius 2 is 2.00 bits per heavy atom. The summed E-state index contributed by atoms with van der Waals surface area (Å²) < 4.78 is 12.1. The van der Waals surface area contributed by atoms with Crippen molar-refractivity contribution in [3.05, 3.63) is 91.6 Å². The average Bonchev–Trinajstić information content (AvgIpc) is 3.46. The van der Waals surface area contributed by atoms with Crippen molar-refractivity contribution >= 4 is 29.1 Å². The number of fused-ring (bicyclic) bond motifs is 1. The summed E-state index contributed by atoms with van der Waals surface area (Å²) in [6, 6.07) is 13.8. The van der Waals surface area contributed by atoms with E-state index in [-0.39, 0.29) is 24.5 Å². The van der Waals surface area contributed by atoms with E-state index in [1.165, 1.54) is 0 Å². The second-order valence-electron chi connectivity index (χ2n) is 10.4. The molecule has 2 aromatic carbocycles. The van der Waals surface area contributed by atoms with Gasteiger partial charge in [0.15, 0.2) is 0 Å². The number of nitrogens with zero attached hydrogens (tertiary/aromatic N) is 2. The Morgan fingerprint density at radius 3 is 2.72 bits per heavy atom. The zero-order valence-electron chi connectivity index (χ0n) is 22.4. The lowest BCUT2D eigenvalue weighted by atomic mass is 9.85. The maximum Gasteiger partial charge on any atom is 0.256 e. The highest BCUT2D eigenvalue weighted by Crippen LogP contribution is 2.42. The van der Waals surface area contributed by atoms with Gasteiger partial charge in [0.25, 0.3) is 5.91 Å². The number of carbonyl (C=O) groups excluding carboxylic acids is 1. The molecule has 39 heavy (non-hydrogen) atoms. The van der Waals surface area contributed by atoms with Crippen LogP contribution >= 0.6 is 23.2 Å². The highest BCUT2D eigenvalue weighted by Gasteiger charge is 2.35. The summed E-state index contributed by atoms with van der Waals surface area (Å²) in [4.78, 5) is 20.4. The minimum absolute atomic E-state index is 0.00108. The molecule has 0 aliphatic carbocycles. The van der Waals surface area contributed by atoms with E-state index in [4.69, 9.17) is 32.7 Å². The van der Waals surface area contributed by atoms with Crippen LogP contribution in [0.15, 0.2) is 42.5 Å². The molecule has 2 aliphatic heterocycles. The van der Waals surface area contributed by atoms with Gasteiger partial charge >= 0.3 is 0 Å². The van der Waals surface area contributed by atoms with Crippen LogP contribution in [-0.2, 0) is 24.3 Å². The van der Waals surface area contributed by atoms with Gasteiger partial charge in [-0.05, 0) is 73.9 Å². The van der Waals surface area contributed by atoms with Crippen molar-refractivity contribution < 1.29 is 19.4 Å². The van der Waals surface area contributed by atoms with E-state index in [2.05, 4.69) is 4.98 Å². The van der Waals surface area contributed by atoms with Gasteiger partial charge < -0.3 is 19.5 Å². The minimum Gasteiger partial charge on any atom is -0.473 e. The minimum atomic E-state index is -0.158. The molecule has 0 spiro atoms. The number of aryl methyl sites for hydroxylation is 2. The van der Waals surface area contributed by atoms with E-state index in [0.29, 0.717) is 60.6 Å². The van der Waals surface area contributed by atoms with Crippen molar-refractivity contribution in [1.29, 1.82) is 0 Å². The fourth-order valence-electron chi connectivity index (χ4n) is 5.74. The monoisotopic (exact) mass is 568 g/mol. The molecule has 8 heteroatoms. The van der Waals surface area contributed by atoms with E-state index in [1.807, 2.05) is 56.3 Å². The van der Waals surface area contributed by atoms with Gasteiger partial charge in [-0.15, -0.1) is 0 Å². The van der Waals surface area contributed by atoms with E-state index in [9.17, 15) is 9.90 Å². The molecule has 2 aliphatic rings. The van der Waals surface area contributed by atoms with Crippen LogP contribution in [0, 0.1) is 13.8 Å². The largest absolute Gasteiger partial charge is 0.473 e. The van der Waals surface area contributed by atoms with Gasteiger partial charge in [0.1, 0.15) is 6.61 Å². The van der Waals surface area contributed by atoms with E-state index in [0.717, 1.165) is 46.4 Å². The maximum atomic E-state index is 14.0. The number of pyridine rings is 1. The van der Waals surface area contributed by atoms with Crippen molar-refractivity contribution in [2.75, 3.05) is 19.8 Å². The number of hydrogen-bond acceptors (Lipinski definition) is 5. The van der Waals surface area contributed by atoms with Gasteiger partial charge in [0, 0.05) is 42.0 Å². The highest BCUT2D eigenvalue weighted by molar-refractivity contribution is 6.37. The van der Waals surface area contributed by atoms with Gasteiger partial charge in [-0.2, -0.15) is 0 Å². The van der Waals surface area contributed by atoms with Gasteiger partial charge in [0.2, 0.25) is 5.88 Å². The smallest absolute Gasteiger partial charge is 0.256 e. The van der Waals surface area contributed by atoms with Gasteiger partial charge in [-0.25, -0.2) is 4.98 Å². The van der Waals surface area contributed by atoms with Crippen molar-refractivity contribution in [1.82, 2.24) is 9.88 Å². The number of ether oxygens (including phenoxy) is 2. The van der Waals surface area contributed by atoms with E-state index >= 15 is 0 Å². The third-order valence-electron chi connectivity index (χ3n) is 7.74. The SMILES string of the molecule is Cc1cc(C)c(CN2CCc3c(Cl)cc([C@H](CCO)C4CCCO4)c(Cl)c3C2=O)c(OCc2ccccc2)n1. The molecule has 3 heterocycles. The molecule has 5 rings (SSSR count). The zero-order chi connectivity index (χ0) is 27.5. The molecule has 1 aromatic heterocycles. The van der Waals surface area contributed by atoms with Crippen LogP contribution in [0.1, 0.15) is 69.0 Å². The Balaban J connectivity index is 1.45. The Labute approximate surface area is 239 Å². The topological polar surface area (TPSA) is 71.9 Å². The molecule has 0 radical (unpaired) electrons. The number of halogens is 2. The molecule has 1 fully saturated rings. The molecule has 2 atom stereocenters. The second-order valence-corrected chi connectivity index (χ2v) is 11.2. The first-order valence-corrected chi connectivity index (χ1v) is 14.3. The number of carbonyl (C=O) groups is 1. The van der Waals surface area contributed by atoms with Crippen LogP contribution in [-0.4, -0.2) is 46.8 Å². The van der Waals surface area contributed by atoms with Gasteiger partial charge in [-0.1, -0.05) is 53.5 Å². The molecule has 206 valence electrons. The Kier molecular flexibility index (Phi) is 8.77. The van der Waals surface area contributed by atoms with Gasteiger partial charge in [-0.3, -0.25) is 4.79 Å². The van der Waals surface area contributed by atoms with Crippen LogP contribution < -0.4 is 4.74 Å². The molecule has 0 bridgehead atoms. The normalized spacial score (nSPS) is 17.8. The lowest BCUT2D eigenvalue weighted by molar-refractivity contribution is 0.0721. The highest BCUT2D eigenvalue weighted by atomic mass is 35.5. The number of amides is 1. The van der Waals surface area contributed by atoms with Crippen molar-refractivity contribution in [2.45, 2.75) is 64.7 Å². The fraction of sp³-hybridized carbons (Fsp3) is 0.419. The van der Waals surface area contributed by atoms with Crippen LogP contribution in [0.5, 0.6) is 5.88 Å². The third-order valence-corrected chi connectivity index (χ3v) is 8.48. The Morgan fingerprint density at radius 1 is 1.21 bits per heavy atom. The number of benzene rings is 2.